The summed E-state index contributed by atoms with van der Waals surface area (Å²) in [5, 5.41) is 16.2. The van der Waals surface area contributed by atoms with Crippen molar-refractivity contribution in [3.63, 3.8) is 0 Å². The van der Waals surface area contributed by atoms with E-state index < -0.39 is 52.1 Å². The van der Waals surface area contributed by atoms with Crippen LogP contribution in [0.25, 0.3) is 0 Å². The van der Waals surface area contributed by atoms with Gasteiger partial charge >= 0.3 is 0 Å². The molecule has 24 heteroatoms. The van der Waals surface area contributed by atoms with E-state index in [1.54, 1.807) is 41.5 Å². The summed E-state index contributed by atoms with van der Waals surface area (Å²) in [6.45, 7) is 13.0. The zero-order valence-corrected chi connectivity index (χ0v) is 45.6. The summed E-state index contributed by atoms with van der Waals surface area (Å²) >= 11 is 28.2. The summed E-state index contributed by atoms with van der Waals surface area (Å²) in [7, 11) is 0. The normalized spacial score (nSPS) is 13.1. The van der Waals surface area contributed by atoms with Gasteiger partial charge in [-0.2, -0.15) is 0 Å². The minimum Gasteiger partial charge on any atom is -0.381 e. The average Bonchev–Trinajstić information content (AvgIpc) is 3.03. The van der Waals surface area contributed by atoms with Crippen LogP contribution in [0.5, 0.6) is 0 Å². The highest BCUT2D eigenvalue weighted by atomic mass is 80.0. The Morgan fingerprint density at radius 2 is 0.745 bits per heavy atom. The van der Waals surface area contributed by atoms with Crippen molar-refractivity contribution in [2.24, 2.45) is 5.41 Å². The summed E-state index contributed by atoms with van der Waals surface area (Å²) in [6.07, 6.45) is 1.53. The lowest BCUT2D eigenvalue weighted by molar-refractivity contribution is -0.134. The molecule has 15 nitrogen and oxygen atoms in total. The van der Waals surface area contributed by atoms with E-state index in [0.717, 1.165) is 0 Å². The van der Waals surface area contributed by atoms with Gasteiger partial charge in [-0.25, -0.2) is 0 Å². The fourth-order valence-corrected chi connectivity index (χ4v) is 4.93. The van der Waals surface area contributed by atoms with Gasteiger partial charge in [0.15, 0.2) is 0 Å². The first kappa shape index (κ1) is 56.0. The van der Waals surface area contributed by atoms with Crippen molar-refractivity contribution in [1.82, 2.24) is 31.9 Å². The van der Waals surface area contributed by atoms with Crippen LogP contribution >= 0.6 is 143 Å². The van der Waals surface area contributed by atoms with Crippen molar-refractivity contribution in [3.8, 4) is 0 Å². The van der Waals surface area contributed by atoms with Gasteiger partial charge in [0.1, 0.15) is 23.3 Å². The maximum atomic E-state index is 12.9. The number of carbonyl (C=O) groups excluding carboxylic acids is 6. The fourth-order valence-electron chi connectivity index (χ4n) is 4.04. The van der Waals surface area contributed by atoms with Crippen LogP contribution in [0.1, 0.15) is 67.7 Å². The van der Waals surface area contributed by atoms with Crippen molar-refractivity contribution in [2.45, 2.75) is 90.8 Å². The Bertz CT molecular complexity index is 1260. The Kier molecular flexibility index (Phi) is 24.9. The molecule has 0 aliphatic carbocycles. The molecule has 6 amide bonds. The van der Waals surface area contributed by atoms with Gasteiger partial charge in [0, 0.05) is 31.7 Å². The second-order valence-electron chi connectivity index (χ2n) is 13.9. The van der Waals surface area contributed by atoms with Crippen LogP contribution in [0, 0.1) is 5.41 Å². The molecule has 0 atom stereocenters. The van der Waals surface area contributed by atoms with Gasteiger partial charge in [0.25, 0.3) is 17.7 Å². The molecular weight excluding hydrogens is 1320 g/mol. The van der Waals surface area contributed by atoms with Crippen molar-refractivity contribution < 1.29 is 43.0 Å². The minimum absolute atomic E-state index is 0.144. The molecule has 0 aromatic rings. The summed E-state index contributed by atoms with van der Waals surface area (Å²) in [6, 6.07) is 0. The second-order valence-corrected chi connectivity index (χ2v) is 34.2. The molecule has 0 aromatic carbocycles. The Morgan fingerprint density at radius 3 is 1.04 bits per heavy atom. The largest absolute Gasteiger partial charge is 0.381 e. The zero-order chi connectivity index (χ0) is 43.1. The first-order valence-corrected chi connectivity index (χ1v) is 23.7. The van der Waals surface area contributed by atoms with Crippen molar-refractivity contribution >= 4 is 179 Å². The van der Waals surface area contributed by atoms with Gasteiger partial charge in [-0.05, 0) is 204 Å². The summed E-state index contributed by atoms with van der Waals surface area (Å²) in [5.74, 6) is -2.69. The minimum atomic E-state index is -1.26. The van der Waals surface area contributed by atoms with E-state index in [0.29, 0.717) is 45.6 Å². The summed E-state index contributed by atoms with van der Waals surface area (Å²) < 4.78 is 14.3. The van der Waals surface area contributed by atoms with Crippen LogP contribution in [0.15, 0.2) is 0 Å². The molecule has 0 rings (SSSR count). The Labute approximate surface area is 398 Å². The molecule has 0 fully saturated rings. The molecule has 0 aromatic heterocycles. The number of amides is 6. The number of nitrogens with one attached hydrogen (secondary N) is 6. The van der Waals surface area contributed by atoms with E-state index in [4.69, 9.17) is 14.2 Å². The molecule has 0 unspecified atom stereocenters. The first-order chi connectivity index (χ1) is 24.8. The Balaban J connectivity index is 5.30. The standard InChI is InChI=1S/C31H49Br9N6O9/c1-8-28(17-55-18-43-21(49)27(6,7)46-24(52)31(38,39)40,15-53-13-9-11-41-19(47)25(2,3)44-22(50)29(32,33)34)16-54-14-10-12-42-20(48)26(4,5)45-23(51)30(35,36)37/h8-18H2,1-7H3,(H,41,47)(H,42,48)(H,43,49)(H,44,50)(H,45,51)(H,46,52). The molecule has 0 spiro atoms. The molecule has 0 saturated carbocycles. The lowest BCUT2D eigenvalue weighted by Crippen LogP contribution is -2.57. The van der Waals surface area contributed by atoms with Crippen LogP contribution in [0.3, 0.4) is 0 Å². The molecule has 0 heterocycles. The van der Waals surface area contributed by atoms with Gasteiger partial charge < -0.3 is 46.1 Å². The summed E-state index contributed by atoms with van der Waals surface area (Å²) in [4.78, 5) is 75.2. The van der Waals surface area contributed by atoms with E-state index in [2.05, 4.69) is 175 Å². The third kappa shape index (κ3) is 22.4. The third-order valence-corrected chi connectivity index (χ3v) is 10.8. The number of halogens is 9. The first-order valence-electron chi connectivity index (χ1n) is 16.6. The number of ether oxygens (including phenoxy) is 3. The molecule has 320 valence electrons. The average molecular weight is 1370 g/mol. The molecule has 0 radical (unpaired) electrons. The predicted octanol–water partition coefficient (Wildman–Crippen LogP) is 5.72. The molecule has 55 heavy (non-hydrogen) atoms. The highest BCUT2D eigenvalue weighted by molar-refractivity contribution is 9.40. The van der Waals surface area contributed by atoms with E-state index in [1.807, 2.05) is 6.92 Å². The van der Waals surface area contributed by atoms with E-state index in [1.165, 1.54) is 0 Å². The Hall–Kier alpha value is 1.02. The summed E-state index contributed by atoms with van der Waals surface area (Å²) in [5.41, 5.74) is -4.27. The van der Waals surface area contributed by atoms with Gasteiger partial charge in [0.05, 0.1) is 19.8 Å². The molecule has 6 N–H and O–H groups in total. The maximum absolute atomic E-state index is 12.9. The highest BCUT2D eigenvalue weighted by Crippen LogP contribution is 2.35. The Morgan fingerprint density at radius 1 is 0.455 bits per heavy atom. The van der Waals surface area contributed by atoms with Crippen molar-refractivity contribution in [1.29, 1.82) is 0 Å². The van der Waals surface area contributed by atoms with E-state index >= 15 is 0 Å². The van der Waals surface area contributed by atoms with E-state index in [-0.39, 0.29) is 38.4 Å². The lowest BCUT2D eigenvalue weighted by Gasteiger charge is -2.33. The lowest BCUT2D eigenvalue weighted by atomic mass is 9.88. The second kappa shape index (κ2) is 24.5. The van der Waals surface area contributed by atoms with Gasteiger partial charge in [0.2, 0.25) is 24.1 Å². The van der Waals surface area contributed by atoms with Crippen molar-refractivity contribution in [3.05, 3.63) is 0 Å². The number of hydrogen-bond acceptors (Lipinski definition) is 9. The molecular formula is C31H49Br9N6O9. The van der Waals surface area contributed by atoms with Crippen LogP contribution < -0.4 is 31.9 Å². The van der Waals surface area contributed by atoms with E-state index in [9.17, 15) is 28.8 Å². The van der Waals surface area contributed by atoms with Gasteiger partial charge in [-0.3, -0.25) is 28.8 Å². The quantitative estimate of drug-likeness (QED) is 0.0421. The third-order valence-electron chi connectivity index (χ3n) is 7.57. The van der Waals surface area contributed by atoms with Gasteiger partial charge in [-0.1, -0.05) is 6.92 Å². The smallest absolute Gasteiger partial charge is 0.259 e. The number of carbonyl (C=O) groups is 6. The molecule has 0 saturated heterocycles. The molecule has 0 bridgehead atoms. The number of rotatable bonds is 23. The number of alkyl halides is 9. The van der Waals surface area contributed by atoms with Crippen molar-refractivity contribution in [2.75, 3.05) is 52.9 Å². The van der Waals surface area contributed by atoms with Crippen LogP contribution in [-0.4, -0.2) is 111 Å². The zero-order valence-electron chi connectivity index (χ0n) is 31.4. The van der Waals surface area contributed by atoms with Crippen LogP contribution in [-0.2, 0) is 43.0 Å². The van der Waals surface area contributed by atoms with Gasteiger partial charge in [-0.15, -0.1) is 0 Å². The predicted molar refractivity (Wildman–Crippen MR) is 244 cm³/mol. The number of hydrogen-bond donors (Lipinski definition) is 6. The van der Waals surface area contributed by atoms with Crippen LogP contribution in [0.2, 0.25) is 0 Å². The maximum Gasteiger partial charge on any atom is 0.259 e. The fraction of sp³-hybridized carbons (Fsp3) is 0.806. The SMILES string of the molecule is CCC(COCCCNC(=O)C(C)(C)NC(=O)C(Br)(Br)Br)(COCCCNC(=O)C(C)(C)NC(=O)C(Br)(Br)Br)COCNC(=O)C(C)(C)NC(=O)C(Br)(Br)Br. The molecule has 0 aliphatic heterocycles. The topological polar surface area (TPSA) is 202 Å². The van der Waals surface area contributed by atoms with Crippen LogP contribution in [0.4, 0.5) is 0 Å². The highest BCUT2D eigenvalue weighted by Gasteiger charge is 2.39. The molecule has 0 aliphatic rings. The monoisotopic (exact) mass is 1360 g/mol.